The van der Waals surface area contributed by atoms with E-state index in [9.17, 15) is 4.79 Å². The first-order chi connectivity index (χ1) is 8.34. The minimum atomic E-state index is -0.359. The van der Waals surface area contributed by atoms with Gasteiger partial charge in [0, 0.05) is 11.3 Å². The molecule has 1 heterocycles. The molecule has 0 aliphatic carbocycles. The maximum Gasteiger partial charge on any atom is 0.339 e. The number of hydrazone groups is 1. The number of hydrogen-bond acceptors (Lipinski definition) is 3. The molecule has 5 heteroatoms. The third-order valence-corrected chi connectivity index (χ3v) is 2.66. The maximum atomic E-state index is 11.4. The lowest BCUT2D eigenvalue weighted by Crippen LogP contribution is -2.24. The van der Waals surface area contributed by atoms with Gasteiger partial charge in [0.25, 0.3) is 0 Å². The summed E-state index contributed by atoms with van der Waals surface area (Å²) in [5, 5.41) is 10.4. The Bertz CT molecular complexity index is 494. The van der Waals surface area contributed by atoms with Gasteiger partial charge in [-0.2, -0.15) is 16.4 Å². The lowest BCUT2D eigenvalue weighted by Gasteiger charge is -2.02. The largest absolute Gasteiger partial charge is 0.339 e. The van der Waals surface area contributed by atoms with Gasteiger partial charge in [-0.15, -0.1) is 0 Å². The first kappa shape index (κ1) is 11.3. The maximum absolute atomic E-state index is 11.4. The first-order valence-electron chi connectivity index (χ1n) is 5.02. The van der Waals surface area contributed by atoms with Crippen LogP contribution in [0.15, 0.2) is 52.3 Å². The Balaban J connectivity index is 1.82. The molecule has 0 radical (unpaired) electrons. The molecule has 0 unspecified atom stereocenters. The summed E-state index contributed by atoms with van der Waals surface area (Å²) in [6.45, 7) is 0. The number of amides is 2. The van der Waals surface area contributed by atoms with Gasteiger partial charge in [0.05, 0.1) is 6.21 Å². The highest BCUT2D eigenvalue weighted by atomic mass is 32.1. The summed E-state index contributed by atoms with van der Waals surface area (Å²) in [5.74, 6) is 0. The van der Waals surface area contributed by atoms with Gasteiger partial charge in [0.15, 0.2) is 0 Å². The van der Waals surface area contributed by atoms with Crippen LogP contribution in [0.3, 0.4) is 0 Å². The van der Waals surface area contributed by atoms with E-state index in [1.54, 1.807) is 17.6 Å². The van der Waals surface area contributed by atoms with Crippen LogP contribution in [-0.2, 0) is 0 Å². The number of carbonyl (C=O) groups excluding carboxylic acids is 1. The second-order valence-corrected chi connectivity index (χ2v) is 4.03. The van der Waals surface area contributed by atoms with Crippen LogP contribution >= 0.6 is 11.3 Å². The molecule has 2 amide bonds. The van der Waals surface area contributed by atoms with E-state index in [-0.39, 0.29) is 6.03 Å². The fraction of sp³-hybridized carbons (Fsp3) is 0. The molecule has 17 heavy (non-hydrogen) atoms. The van der Waals surface area contributed by atoms with Crippen molar-refractivity contribution in [1.82, 2.24) is 5.43 Å². The van der Waals surface area contributed by atoms with E-state index in [1.165, 1.54) is 0 Å². The first-order valence-corrected chi connectivity index (χ1v) is 5.96. The minimum absolute atomic E-state index is 0.359. The Morgan fingerprint density at radius 3 is 2.76 bits per heavy atom. The van der Waals surface area contributed by atoms with Crippen LogP contribution in [0, 0.1) is 0 Å². The number of carbonyl (C=O) groups is 1. The molecule has 0 saturated heterocycles. The molecule has 0 spiro atoms. The zero-order chi connectivity index (χ0) is 11.9. The number of rotatable bonds is 3. The molecule has 2 rings (SSSR count). The standard InChI is InChI=1S/C12H11N3OS/c16-12(14-11-4-2-1-3-5-11)15-13-8-10-6-7-17-9-10/h1-9H,(H2,14,15,16)/b13-8+. The molecule has 0 aliphatic rings. The van der Waals surface area contributed by atoms with Crippen LogP contribution in [-0.4, -0.2) is 12.2 Å². The number of nitrogens with zero attached hydrogens (tertiary/aromatic N) is 1. The summed E-state index contributed by atoms with van der Waals surface area (Å²) in [7, 11) is 0. The molecule has 0 bridgehead atoms. The van der Waals surface area contributed by atoms with Crippen molar-refractivity contribution < 1.29 is 4.79 Å². The number of benzene rings is 1. The molecule has 1 aromatic carbocycles. The third-order valence-electron chi connectivity index (χ3n) is 1.95. The molecular weight excluding hydrogens is 234 g/mol. The number of thiophene rings is 1. The van der Waals surface area contributed by atoms with Crippen molar-refractivity contribution >= 4 is 29.3 Å². The van der Waals surface area contributed by atoms with Crippen LogP contribution in [0.5, 0.6) is 0 Å². The van der Waals surface area contributed by atoms with Gasteiger partial charge < -0.3 is 5.32 Å². The number of nitrogens with one attached hydrogen (secondary N) is 2. The van der Waals surface area contributed by atoms with Gasteiger partial charge in [-0.3, -0.25) is 0 Å². The summed E-state index contributed by atoms with van der Waals surface area (Å²) in [6.07, 6.45) is 1.60. The van der Waals surface area contributed by atoms with Crippen molar-refractivity contribution in [2.45, 2.75) is 0 Å². The van der Waals surface area contributed by atoms with Crippen molar-refractivity contribution in [3.8, 4) is 0 Å². The number of hydrogen-bond donors (Lipinski definition) is 2. The third kappa shape index (κ3) is 3.73. The Labute approximate surface area is 103 Å². The number of urea groups is 1. The zero-order valence-corrected chi connectivity index (χ0v) is 9.78. The lowest BCUT2D eigenvalue weighted by atomic mass is 10.3. The van der Waals surface area contributed by atoms with Crippen molar-refractivity contribution in [1.29, 1.82) is 0 Å². The molecule has 2 N–H and O–H groups in total. The van der Waals surface area contributed by atoms with Gasteiger partial charge in [0.1, 0.15) is 0 Å². The fourth-order valence-electron chi connectivity index (χ4n) is 1.19. The van der Waals surface area contributed by atoms with Crippen LogP contribution in [0.4, 0.5) is 10.5 Å². The average molecular weight is 245 g/mol. The van der Waals surface area contributed by atoms with E-state index < -0.39 is 0 Å². The topological polar surface area (TPSA) is 53.5 Å². The van der Waals surface area contributed by atoms with Gasteiger partial charge >= 0.3 is 6.03 Å². The zero-order valence-electron chi connectivity index (χ0n) is 8.96. The number of anilines is 1. The highest BCUT2D eigenvalue weighted by molar-refractivity contribution is 7.08. The number of para-hydroxylation sites is 1. The van der Waals surface area contributed by atoms with E-state index in [0.717, 1.165) is 11.3 Å². The highest BCUT2D eigenvalue weighted by Crippen LogP contribution is 2.04. The van der Waals surface area contributed by atoms with Crippen LogP contribution in [0.25, 0.3) is 0 Å². The van der Waals surface area contributed by atoms with Gasteiger partial charge in [-0.1, -0.05) is 18.2 Å². The second kappa shape index (κ2) is 5.81. The predicted octanol–water partition coefficient (Wildman–Crippen LogP) is 2.90. The normalized spacial score (nSPS) is 10.4. The van der Waals surface area contributed by atoms with Crippen molar-refractivity contribution in [2.24, 2.45) is 5.10 Å². The molecule has 1 aromatic heterocycles. The Morgan fingerprint density at radius 2 is 2.06 bits per heavy atom. The molecule has 86 valence electrons. The van der Waals surface area contributed by atoms with E-state index in [0.29, 0.717) is 0 Å². The Hall–Kier alpha value is -2.14. The molecule has 2 aromatic rings. The molecule has 4 nitrogen and oxygen atoms in total. The summed E-state index contributed by atoms with van der Waals surface area (Å²) in [5.41, 5.74) is 4.09. The quantitative estimate of drug-likeness (QED) is 0.634. The predicted molar refractivity (Wildman–Crippen MR) is 70.5 cm³/mol. The van der Waals surface area contributed by atoms with E-state index in [2.05, 4.69) is 15.8 Å². The van der Waals surface area contributed by atoms with Crippen LogP contribution in [0.2, 0.25) is 0 Å². The second-order valence-electron chi connectivity index (χ2n) is 3.25. The van der Waals surface area contributed by atoms with Gasteiger partial charge in [0.2, 0.25) is 0 Å². The highest BCUT2D eigenvalue weighted by Gasteiger charge is 1.97. The Morgan fingerprint density at radius 1 is 1.24 bits per heavy atom. The molecule has 0 atom stereocenters. The minimum Gasteiger partial charge on any atom is -0.307 e. The SMILES string of the molecule is O=C(N/N=C/c1ccsc1)Nc1ccccc1. The average Bonchev–Trinajstić information content (AvgIpc) is 2.83. The van der Waals surface area contributed by atoms with Crippen molar-refractivity contribution in [3.63, 3.8) is 0 Å². The summed E-state index contributed by atoms with van der Waals surface area (Å²) < 4.78 is 0. The van der Waals surface area contributed by atoms with Crippen molar-refractivity contribution in [2.75, 3.05) is 5.32 Å². The summed E-state index contributed by atoms with van der Waals surface area (Å²) in [6, 6.07) is 10.8. The van der Waals surface area contributed by atoms with E-state index >= 15 is 0 Å². The van der Waals surface area contributed by atoms with E-state index in [4.69, 9.17) is 0 Å². The smallest absolute Gasteiger partial charge is 0.307 e. The molecule has 0 fully saturated rings. The monoisotopic (exact) mass is 245 g/mol. The lowest BCUT2D eigenvalue weighted by molar-refractivity contribution is 0.252. The Kier molecular flexibility index (Phi) is 3.88. The summed E-state index contributed by atoms with van der Waals surface area (Å²) in [4.78, 5) is 11.4. The molecular formula is C12H11N3OS. The van der Waals surface area contributed by atoms with Crippen LogP contribution in [0.1, 0.15) is 5.56 Å². The van der Waals surface area contributed by atoms with Gasteiger partial charge in [-0.05, 0) is 29.0 Å². The van der Waals surface area contributed by atoms with E-state index in [1.807, 2.05) is 47.2 Å². The van der Waals surface area contributed by atoms with Crippen LogP contribution < -0.4 is 10.7 Å². The summed E-state index contributed by atoms with van der Waals surface area (Å²) >= 11 is 1.58. The van der Waals surface area contributed by atoms with Gasteiger partial charge in [-0.25, -0.2) is 10.2 Å². The molecule has 0 saturated carbocycles. The van der Waals surface area contributed by atoms with Crippen molar-refractivity contribution in [3.05, 3.63) is 52.7 Å². The molecule has 0 aliphatic heterocycles. The fourth-order valence-corrected chi connectivity index (χ4v) is 1.81.